The quantitative estimate of drug-likeness (QED) is 0.576. The van der Waals surface area contributed by atoms with Crippen LogP contribution in [-0.4, -0.2) is 15.2 Å². The van der Waals surface area contributed by atoms with Gasteiger partial charge < -0.3 is 4.70 Å². The molecule has 0 bridgehead atoms. The largest absolute Gasteiger partial charge is 1.00 e. The van der Waals surface area contributed by atoms with Gasteiger partial charge in [-0.15, -0.1) is 0 Å². The average molecular weight is 228 g/mol. The molecule has 0 spiro atoms. The standard InChI is InChI=1S/2C7H7.Al.FH/c2*1-7-5-3-2-4-6-7;;/h2*3-6H,1H3;;1H/q;;+1;/p-1. The smallest absolute Gasteiger partial charge is 1.00 e. The Hall–Kier alpha value is -1.10. The third-order valence-corrected chi connectivity index (χ3v) is 3.92. The molecular weight excluding hydrogens is 214 g/mol. The van der Waals surface area contributed by atoms with E-state index in [0.29, 0.717) is 0 Å². The van der Waals surface area contributed by atoms with E-state index in [9.17, 15) is 0 Å². The minimum Gasteiger partial charge on any atom is -1.00 e. The van der Waals surface area contributed by atoms with Crippen molar-refractivity contribution in [1.29, 1.82) is 0 Å². The van der Waals surface area contributed by atoms with Gasteiger partial charge in [0, 0.05) is 0 Å². The molecule has 0 heterocycles. The minimum atomic E-state index is 0. The summed E-state index contributed by atoms with van der Waals surface area (Å²) < 4.78 is 2.92. The molecule has 0 saturated heterocycles. The Labute approximate surface area is 102 Å². The van der Waals surface area contributed by atoms with Crippen molar-refractivity contribution in [2.75, 3.05) is 0 Å². The Morgan fingerprint density at radius 1 is 0.625 bits per heavy atom. The first-order chi connectivity index (χ1) is 7.24. The van der Waals surface area contributed by atoms with Gasteiger partial charge in [-0.3, -0.25) is 0 Å². The van der Waals surface area contributed by atoms with Crippen molar-refractivity contribution in [2.45, 2.75) is 13.8 Å². The second kappa shape index (κ2) is 5.84. The van der Waals surface area contributed by atoms with E-state index < -0.39 is 0 Å². The molecule has 0 amide bonds. The Morgan fingerprint density at radius 2 is 0.938 bits per heavy atom. The number of aryl methyl sites for hydroxylation is 2. The second-order valence-corrected chi connectivity index (χ2v) is 5.59. The number of rotatable bonds is 2. The van der Waals surface area contributed by atoms with E-state index in [1.807, 2.05) is 0 Å². The molecule has 0 nitrogen and oxygen atoms in total. The molecule has 0 N–H and O–H groups in total. The molecule has 0 aromatic heterocycles. The summed E-state index contributed by atoms with van der Waals surface area (Å²) in [7, 11) is 0. The van der Waals surface area contributed by atoms with Crippen LogP contribution in [0.3, 0.4) is 0 Å². The van der Waals surface area contributed by atoms with Crippen LogP contribution in [0.2, 0.25) is 0 Å². The fraction of sp³-hybridized carbons (Fsp3) is 0.143. The fourth-order valence-corrected chi connectivity index (χ4v) is 2.67. The Morgan fingerprint density at radius 3 is 1.25 bits per heavy atom. The van der Waals surface area contributed by atoms with Crippen LogP contribution in [0.1, 0.15) is 11.1 Å². The van der Waals surface area contributed by atoms with Crippen LogP contribution in [0.4, 0.5) is 0 Å². The van der Waals surface area contributed by atoms with Gasteiger partial charge in [-0.2, -0.15) is 0 Å². The van der Waals surface area contributed by atoms with Gasteiger partial charge in [0.05, 0.1) is 0 Å². The van der Waals surface area contributed by atoms with Crippen LogP contribution < -0.4 is 13.6 Å². The first-order valence-electron chi connectivity index (χ1n) is 5.22. The van der Waals surface area contributed by atoms with E-state index in [4.69, 9.17) is 0 Å². The zero-order chi connectivity index (χ0) is 10.7. The summed E-state index contributed by atoms with van der Waals surface area (Å²) in [6.45, 7) is 4.26. The van der Waals surface area contributed by atoms with Crippen molar-refractivity contribution in [2.24, 2.45) is 0 Å². The van der Waals surface area contributed by atoms with Gasteiger partial charge in [0.1, 0.15) is 0 Å². The predicted molar refractivity (Wildman–Crippen MR) is 67.4 cm³/mol. The Kier molecular flexibility index (Phi) is 4.74. The molecule has 2 rings (SSSR count). The average Bonchev–Trinajstić information content (AvgIpc) is 2.25. The monoisotopic (exact) mass is 228 g/mol. The first kappa shape index (κ1) is 13.0. The van der Waals surface area contributed by atoms with E-state index in [1.165, 1.54) is 20.0 Å². The maximum atomic E-state index is 2.24. The fourth-order valence-electron chi connectivity index (χ4n) is 1.52. The molecule has 0 atom stereocenters. The van der Waals surface area contributed by atoms with Gasteiger partial charge >= 0.3 is 97.6 Å². The molecule has 16 heavy (non-hydrogen) atoms. The molecule has 80 valence electrons. The van der Waals surface area contributed by atoms with Gasteiger partial charge in [0.15, 0.2) is 0 Å². The van der Waals surface area contributed by atoms with Crippen molar-refractivity contribution in [3.8, 4) is 0 Å². The van der Waals surface area contributed by atoms with Crippen molar-refractivity contribution >= 4 is 24.1 Å². The Balaban J connectivity index is 0.00000128. The molecular formula is C14H14AlF. The SMILES string of the molecule is Cc1cc[c]([Al+][c]2ccc(C)cc2)cc1.[F-]. The van der Waals surface area contributed by atoms with Gasteiger partial charge in [-0.05, 0) is 0 Å². The van der Waals surface area contributed by atoms with Crippen molar-refractivity contribution in [1.82, 2.24) is 0 Å². The van der Waals surface area contributed by atoms with Gasteiger partial charge in [0.2, 0.25) is 0 Å². The number of hydrogen-bond donors (Lipinski definition) is 0. The molecule has 0 saturated carbocycles. The maximum Gasteiger partial charge on any atom is -1.00 e. The summed E-state index contributed by atoms with van der Waals surface area (Å²) >= 11 is 0.252. The summed E-state index contributed by atoms with van der Waals surface area (Å²) in [5.74, 6) is 0. The summed E-state index contributed by atoms with van der Waals surface area (Å²) in [6.07, 6.45) is 0. The van der Waals surface area contributed by atoms with E-state index in [-0.39, 0.29) is 19.9 Å². The van der Waals surface area contributed by atoms with Crippen molar-refractivity contribution < 1.29 is 4.70 Å². The molecule has 0 aliphatic carbocycles. The van der Waals surface area contributed by atoms with E-state index in [0.717, 1.165) is 0 Å². The second-order valence-electron chi connectivity index (χ2n) is 3.97. The third kappa shape index (κ3) is 3.48. The van der Waals surface area contributed by atoms with Crippen LogP contribution >= 0.6 is 0 Å². The molecule has 0 aliphatic heterocycles. The minimum absolute atomic E-state index is 0. The van der Waals surface area contributed by atoms with Crippen LogP contribution in [0.15, 0.2) is 48.5 Å². The van der Waals surface area contributed by atoms with Crippen molar-refractivity contribution in [3.05, 3.63) is 59.7 Å². The summed E-state index contributed by atoms with van der Waals surface area (Å²) in [6, 6.07) is 17.7. The van der Waals surface area contributed by atoms with Gasteiger partial charge in [-0.25, -0.2) is 0 Å². The summed E-state index contributed by atoms with van der Waals surface area (Å²) in [5.41, 5.74) is 2.67. The summed E-state index contributed by atoms with van der Waals surface area (Å²) in [4.78, 5) is 0. The molecule has 0 fully saturated rings. The zero-order valence-electron chi connectivity index (χ0n) is 9.57. The molecule has 2 heteroatoms. The van der Waals surface area contributed by atoms with Crippen LogP contribution in [0.25, 0.3) is 0 Å². The zero-order valence-corrected chi connectivity index (χ0v) is 10.7. The third-order valence-electron chi connectivity index (χ3n) is 2.49. The number of benzene rings is 2. The normalized spacial score (nSPS) is 9.12. The van der Waals surface area contributed by atoms with Crippen LogP contribution in [-0.2, 0) is 0 Å². The predicted octanol–water partition coefficient (Wildman–Crippen LogP) is -1.04. The topological polar surface area (TPSA) is 0 Å². The maximum absolute atomic E-state index is 2.24. The van der Waals surface area contributed by atoms with Gasteiger partial charge in [-0.1, -0.05) is 0 Å². The first-order valence-corrected chi connectivity index (χ1v) is 6.37. The van der Waals surface area contributed by atoms with E-state index >= 15 is 0 Å². The molecule has 0 aliphatic rings. The van der Waals surface area contributed by atoms with Crippen molar-refractivity contribution in [3.63, 3.8) is 0 Å². The molecule has 0 unspecified atom stereocenters. The number of hydrogen-bond acceptors (Lipinski definition) is 0. The summed E-state index contributed by atoms with van der Waals surface area (Å²) in [5, 5.41) is 0. The molecule has 2 aromatic rings. The van der Waals surface area contributed by atoms with E-state index in [2.05, 4.69) is 62.4 Å². The number of halogens is 1. The van der Waals surface area contributed by atoms with Crippen LogP contribution in [0, 0.1) is 13.8 Å². The Bertz CT molecular complexity index is 388. The van der Waals surface area contributed by atoms with E-state index in [1.54, 1.807) is 0 Å². The molecule has 2 aromatic carbocycles. The molecule has 0 radical (unpaired) electrons. The van der Waals surface area contributed by atoms with Crippen LogP contribution in [0.5, 0.6) is 0 Å². The van der Waals surface area contributed by atoms with Gasteiger partial charge in [0.25, 0.3) is 0 Å².